The average Bonchev–Trinajstić information content (AvgIpc) is 2.85. The van der Waals surface area contributed by atoms with Crippen LogP contribution in [0.2, 0.25) is 0 Å². The first-order chi connectivity index (χ1) is 8.58. The Morgan fingerprint density at radius 1 is 1.44 bits per heavy atom. The summed E-state index contributed by atoms with van der Waals surface area (Å²) < 4.78 is 23.1. The molecule has 1 aromatic carbocycles. The summed E-state index contributed by atoms with van der Waals surface area (Å²) in [5.41, 5.74) is 0.395. The number of benzene rings is 1. The molecule has 0 radical (unpaired) electrons. The van der Waals surface area contributed by atoms with E-state index in [0.717, 1.165) is 6.39 Å². The first kappa shape index (κ1) is 12.1. The van der Waals surface area contributed by atoms with Gasteiger partial charge in [-0.05, 0) is 12.1 Å². The van der Waals surface area contributed by atoms with E-state index in [1.54, 1.807) is 19.0 Å². The van der Waals surface area contributed by atoms with Crippen molar-refractivity contribution < 1.29 is 18.3 Å². The molecule has 1 heterocycles. The third-order valence-corrected chi connectivity index (χ3v) is 2.25. The SMILES string of the molecule is CN(C)c1cc(OC(=O)c2cocn2)ccc1F. The van der Waals surface area contributed by atoms with Crippen molar-refractivity contribution in [3.63, 3.8) is 0 Å². The van der Waals surface area contributed by atoms with Crippen molar-refractivity contribution in [2.24, 2.45) is 0 Å². The van der Waals surface area contributed by atoms with E-state index in [4.69, 9.17) is 4.74 Å². The van der Waals surface area contributed by atoms with Crippen LogP contribution in [-0.2, 0) is 0 Å². The molecule has 0 aliphatic heterocycles. The molecule has 0 fully saturated rings. The van der Waals surface area contributed by atoms with Crippen LogP contribution in [0.3, 0.4) is 0 Å². The highest BCUT2D eigenvalue weighted by atomic mass is 19.1. The van der Waals surface area contributed by atoms with Crippen molar-refractivity contribution in [3.8, 4) is 5.75 Å². The van der Waals surface area contributed by atoms with Gasteiger partial charge < -0.3 is 14.1 Å². The van der Waals surface area contributed by atoms with Crippen LogP contribution >= 0.6 is 0 Å². The van der Waals surface area contributed by atoms with Crippen LogP contribution in [-0.4, -0.2) is 25.0 Å². The zero-order chi connectivity index (χ0) is 13.1. The zero-order valence-electron chi connectivity index (χ0n) is 9.88. The Morgan fingerprint density at radius 2 is 2.22 bits per heavy atom. The molecule has 0 spiro atoms. The summed E-state index contributed by atoms with van der Waals surface area (Å²) in [6.07, 6.45) is 2.31. The van der Waals surface area contributed by atoms with Crippen LogP contribution in [0.5, 0.6) is 5.75 Å². The number of anilines is 1. The van der Waals surface area contributed by atoms with Gasteiger partial charge in [-0.3, -0.25) is 0 Å². The third kappa shape index (κ3) is 2.48. The van der Waals surface area contributed by atoms with E-state index in [1.165, 1.54) is 24.5 Å². The number of carbonyl (C=O) groups is 1. The summed E-state index contributed by atoms with van der Waals surface area (Å²) >= 11 is 0. The Morgan fingerprint density at radius 3 is 2.83 bits per heavy atom. The highest BCUT2D eigenvalue weighted by Crippen LogP contribution is 2.23. The molecule has 0 amide bonds. The fourth-order valence-corrected chi connectivity index (χ4v) is 1.37. The van der Waals surface area contributed by atoms with Crippen LogP contribution in [0.4, 0.5) is 10.1 Å². The monoisotopic (exact) mass is 250 g/mol. The third-order valence-electron chi connectivity index (χ3n) is 2.25. The van der Waals surface area contributed by atoms with Gasteiger partial charge in [0.1, 0.15) is 17.8 Å². The second-order valence-electron chi connectivity index (χ2n) is 3.77. The summed E-state index contributed by atoms with van der Waals surface area (Å²) in [7, 11) is 3.39. The standard InChI is InChI=1S/C12H11FN2O3/c1-15(2)11-5-8(3-4-9(11)13)18-12(16)10-6-17-7-14-10/h3-7H,1-2H3. The molecule has 0 N–H and O–H groups in total. The molecule has 6 heteroatoms. The molecule has 0 saturated heterocycles. The molecule has 5 nitrogen and oxygen atoms in total. The van der Waals surface area contributed by atoms with Crippen LogP contribution in [0, 0.1) is 5.82 Å². The van der Waals surface area contributed by atoms with Gasteiger partial charge in [0, 0.05) is 20.2 Å². The van der Waals surface area contributed by atoms with Crippen LogP contribution in [0.15, 0.2) is 35.3 Å². The Kier molecular flexibility index (Phi) is 3.27. The van der Waals surface area contributed by atoms with Gasteiger partial charge in [0.25, 0.3) is 0 Å². The lowest BCUT2D eigenvalue weighted by molar-refractivity contribution is 0.0728. The molecular weight excluding hydrogens is 239 g/mol. The fraction of sp³-hybridized carbons (Fsp3) is 0.167. The molecule has 0 atom stereocenters. The minimum absolute atomic E-state index is 0.0609. The minimum atomic E-state index is -0.653. The molecule has 0 aliphatic carbocycles. The van der Waals surface area contributed by atoms with Gasteiger partial charge in [-0.25, -0.2) is 14.2 Å². The van der Waals surface area contributed by atoms with Gasteiger partial charge >= 0.3 is 5.97 Å². The number of carbonyl (C=O) groups excluding carboxylic acids is 1. The number of halogens is 1. The van der Waals surface area contributed by atoms with Crippen molar-refractivity contribution >= 4 is 11.7 Å². The molecule has 0 aliphatic rings. The predicted molar refractivity (Wildman–Crippen MR) is 62.2 cm³/mol. The van der Waals surface area contributed by atoms with Crippen LogP contribution in [0.1, 0.15) is 10.5 Å². The van der Waals surface area contributed by atoms with E-state index >= 15 is 0 Å². The summed E-state index contributed by atoms with van der Waals surface area (Å²) in [5.74, 6) is -0.797. The molecule has 0 bridgehead atoms. The Bertz CT molecular complexity index is 552. The van der Waals surface area contributed by atoms with Gasteiger partial charge in [0.05, 0.1) is 5.69 Å². The highest BCUT2D eigenvalue weighted by molar-refractivity contribution is 5.88. The number of nitrogens with zero attached hydrogens (tertiary/aromatic N) is 2. The van der Waals surface area contributed by atoms with Crippen molar-refractivity contribution in [2.75, 3.05) is 19.0 Å². The van der Waals surface area contributed by atoms with E-state index in [1.807, 2.05) is 0 Å². The number of hydrogen-bond acceptors (Lipinski definition) is 5. The van der Waals surface area contributed by atoms with Crippen LogP contribution in [0.25, 0.3) is 0 Å². The first-order valence-electron chi connectivity index (χ1n) is 5.15. The molecule has 2 rings (SSSR count). The summed E-state index contributed by atoms with van der Waals surface area (Å²) in [4.78, 5) is 16.8. The first-order valence-corrected chi connectivity index (χ1v) is 5.15. The van der Waals surface area contributed by atoms with E-state index in [-0.39, 0.29) is 17.3 Å². The lowest BCUT2D eigenvalue weighted by Crippen LogP contribution is -2.12. The summed E-state index contributed by atoms with van der Waals surface area (Å²) in [6.45, 7) is 0. The molecule has 1 aromatic heterocycles. The van der Waals surface area contributed by atoms with Crippen molar-refractivity contribution in [1.82, 2.24) is 4.98 Å². The Hall–Kier alpha value is -2.37. The summed E-state index contributed by atoms with van der Waals surface area (Å²) in [5, 5.41) is 0. The minimum Gasteiger partial charge on any atom is -0.451 e. The maximum Gasteiger partial charge on any atom is 0.365 e. The highest BCUT2D eigenvalue weighted by Gasteiger charge is 2.13. The quantitative estimate of drug-likeness (QED) is 0.616. The number of oxazole rings is 1. The lowest BCUT2D eigenvalue weighted by atomic mass is 10.2. The lowest BCUT2D eigenvalue weighted by Gasteiger charge is -2.14. The van der Waals surface area contributed by atoms with Gasteiger partial charge in [-0.15, -0.1) is 0 Å². The molecule has 94 valence electrons. The summed E-state index contributed by atoms with van der Waals surface area (Å²) in [6, 6.07) is 4.05. The van der Waals surface area contributed by atoms with Gasteiger partial charge in [-0.1, -0.05) is 0 Å². The van der Waals surface area contributed by atoms with E-state index in [2.05, 4.69) is 9.40 Å². The van der Waals surface area contributed by atoms with E-state index < -0.39 is 5.97 Å². The van der Waals surface area contributed by atoms with Gasteiger partial charge in [-0.2, -0.15) is 0 Å². The number of rotatable bonds is 3. The van der Waals surface area contributed by atoms with E-state index in [0.29, 0.717) is 5.69 Å². The topological polar surface area (TPSA) is 55.6 Å². The van der Waals surface area contributed by atoms with Crippen molar-refractivity contribution in [2.45, 2.75) is 0 Å². The largest absolute Gasteiger partial charge is 0.451 e. The van der Waals surface area contributed by atoms with Crippen LogP contribution < -0.4 is 9.64 Å². The smallest absolute Gasteiger partial charge is 0.365 e. The maximum atomic E-state index is 13.4. The second-order valence-corrected chi connectivity index (χ2v) is 3.77. The molecule has 0 unspecified atom stereocenters. The van der Waals surface area contributed by atoms with Gasteiger partial charge in [0.15, 0.2) is 12.1 Å². The zero-order valence-corrected chi connectivity index (χ0v) is 9.88. The molecular formula is C12H11FN2O3. The normalized spacial score (nSPS) is 10.2. The fourth-order valence-electron chi connectivity index (χ4n) is 1.37. The maximum absolute atomic E-state index is 13.4. The number of aromatic nitrogens is 1. The number of esters is 1. The number of ether oxygens (including phenoxy) is 1. The van der Waals surface area contributed by atoms with Crippen molar-refractivity contribution in [1.29, 1.82) is 0 Å². The second kappa shape index (κ2) is 4.87. The number of hydrogen-bond donors (Lipinski definition) is 0. The molecule has 2 aromatic rings. The van der Waals surface area contributed by atoms with E-state index in [9.17, 15) is 9.18 Å². The molecule has 0 saturated carbocycles. The molecule has 18 heavy (non-hydrogen) atoms. The average molecular weight is 250 g/mol. The Balaban J connectivity index is 2.20. The Labute approximate surface area is 103 Å². The van der Waals surface area contributed by atoms with Crippen molar-refractivity contribution in [3.05, 3.63) is 42.4 Å². The predicted octanol–water partition coefficient (Wildman–Crippen LogP) is 2.10. The van der Waals surface area contributed by atoms with Gasteiger partial charge in [0.2, 0.25) is 0 Å².